The molecule has 0 atom stereocenters. The zero-order chi connectivity index (χ0) is 10.4. The number of halogens is 1. The third kappa shape index (κ3) is 3.94. The van der Waals surface area contributed by atoms with Gasteiger partial charge in [-0.25, -0.2) is 0 Å². The Balaban J connectivity index is 2.20. The molecule has 1 rings (SSSR count). The van der Waals surface area contributed by atoms with Crippen LogP contribution in [0.2, 0.25) is 0 Å². The van der Waals surface area contributed by atoms with Crippen molar-refractivity contribution in [2.45, 2.75) is 25.7 Å². The van der Waals surface area contributed by atoms with E-state index in [0.29, 0.717) is 5.92 Å². The number of hydrogen-bond donors (Lipinski definition) is 0. The summed E-state index contributed by atoms with van der Waals surface area (Å²) >= 11 is 2.12. The van der Waals surface area contributed by atoms with Crippen LogP contribution in [-0.2, 0) is 13.7 Å². The molecule has 1 aliphatic rings. The van der Waals surface area contributed by atoms with Crippen molar-refractivity contribution >= 4 is 36.4 Å². The van der Waals surface area contributed by atoms with Crippen LogP contribution in [0, 0.1) is 11.8 Å². The lowest BCUT2D eigenvalue weighted by molar-refractivity contribution is -0.146. The zero-order valence-corrected chi connectivity index (χ0v) is 11.2. The van der Waals surface area contributed by atoms with Gasteiger partial charge < -0.3 is 8.92 Å². The average Bonchev–Trinajstić information content (AvgIpc) is 2.26. The fourth-order valence-corrected chi connectivity index (χ4v) is 2.54. The minimum atomic E-state index is -0.0485. The van der Waals surface area contributed by atoms with E-state index in [1.54, 1.807) is 0 Å². The first-order chi connectivity index (χ1) is 6.77. The van der Waals surface area contributed by atoms with Crippen molar-refractivity contribution in [3.8, 4) is 0 Å². The summed E-state index contributed by atoms with van der Waals surface area (Å²) < 4.78 is 10.0. The molecular weight excluding hydrogens is 315 g/mol. The van der Waals surface area contributed by atoms with E-state index in [-0.39, 0.29) is 11.9 Å². The Hall–Kier alpha value is 0.510. The van der Waals surface area contributed by atoms with Gasteiger partial charge in [0.05, 0.1) is 28.8 Å². The summed E-state index contributed by atoms with van der Waals surface area (Å²) in [6.07, 6.45) is 4.06. The maximum atomic E-state index is 11.2. The van der Waals surface area contributed by atoms with Gasteiger partial charge in [0.25, 0.3) is 0 Å². The molecule has 0 unspecified atom stereocenters. The van der Waals surface area contributed by atoms with Crippen LogP contribution in [0.3, 0.4) is 0 Å². The largest absolute Gasteiger partial charge is 0.469 e. The summed E-state index contributed by atoms with van der Waals surface area (Å²) in [5.41, 5.74) is 0. The van der Waals surface area contributed by atoms with Crippen molar-refractivity contribution < 1.29 is 13.7 Å². The third-order valence-corrected chi connectivity index (χ3v) is 3.72. The predicted molar refractivity (Wildman–Crippen MR) is 65.0 cm³/mol. The average molecular weight is 330 g/mol. The second-order valence-electron chi connectivity index (χ2n) is 3.59. The monoisotopic (exact) mass is 330 g/mol. The lowest BCUT2D eigenvalue weighted by Gasteiger charge is -2.25. The van der Waals surface area contributed by atoms with Crippen LogP contribution >= 0.6 is 30.4 Å². The molecule has 3 nitrogen and oxygen atoms in total. The fraction of sp³-hybridized carbons (Fsp3) is 0.889. The summed E-state index contributed by atoms with van der Waals surface area (Å²) in [4.78, 5) is 11.2. The first kappa shape index (κ1) is 12.6. The highest BCUT2D eigenvalue weighted by molar-refractivity contribution is 14.2. The van der Waals surface area contributed by atoms with Crippen molar-refractivity contribution in [1.82, 2.24) is 0 Å². The molecule has 0 amide bonds. The van der Waals surface area contributed by atoms with Crippen molar-refractivity contribution in [3.63, 3.8) is 0 Å². The Labute approximate surface area is 101 Å². The second kappa shape index (κ2) is 6.90. The molecule has 1 aliphatic carbocycles. The van der Waals surface area contributed by atoms with Gasteiger partial charge in [-0.2, -0.15) is 0 Å². The standard InChI is InChI=1S/C9H15IO3S/c1-12-9(11)8-4-2-7(3-5-8)6-13-14-10/h7-8H,2-6H2,1H3/t7-,8+. The molecule has 0 aromatic carbocycles. The van der Waals surface area contributed by atoms with E-state index < -0.39 is 0 Å². The van der Waals surface area contributed by atoms with Gasteiger partial charge in [0.2, 0.25) is 0 Å². The molecule has 0 radical (unpaired) electrons. The molecule has 0 aliphatic heterocycles. The summed E-state index contributed by atoms with van der Waals surface area (Å²) in [6, 6.07) is 0. The molecule has 0 heterocycles. The van der Waals surface area contributed by atoms with E-state index in [1.807, 2.05) is 0 Å². The molecule has 82 valence electrons. The Kier molecular flexibility index (Phi) is 6.20. The van der Waals surface area contributed by atoms with E-state index in [4.69, 9.17) is 8.92 Å². The quantitative estimate of drug-likeness (QED) is 0.451. The molecule has 0 aromatic heterocycles. The second-order valence-corrected chi connectivity index (χ2v) is 5.03. The third-order valence-electron chi connectivity index (χ3n) is 2.73. The minimum absolute atomic E-state index is 0.0485. The van der Waals surface area contributed by atoms with Crippen LogP contribution in [0.1, 0.15) is 25.7 Å². The lowest BCUT2D eigenvalue weighted by Crippen LogP contribution is -2.24. The van der Waals surface area contributed by atoms with Gasteiger partial charge in [-0.3, -0.25) is 4.79 Å². The highest BCUT2D eigenvalue weighted by Crippen LogP contribution is 2.30. The van der Waals surface area contributed by atoms with Gasteiger partial charge in [0.1, 0.15) is 0 Å². The van der Waals surface area contributed by atoms with Crippen molar-refractivity contribution in [1.29, 1.82) is 0 Å². The predicted octanol–water partition coefficient (Wildman–Crippen LogP) is 2.98. The van der Waals surface area contributed by atoms with Gasteiger partial charge in [-0.05, 0) is 31.6 Å². The summed E-state index contributed by atoms with van der Waals surface area (Å²) in [6.45, 7) is 0.807. The Morgan fingerprint density at radius 3 is 2.57 bits per heavy atom. The summed E-state index contributed by atoms with van der Waals surface area (Å²) in [5.74, 6) is 0.703. The molecule has 0 saturated heterocycles. The van der Waals surface area contributed by atoms with Gasteiger partial charge in [0.15, 0.2) is 0 Å². The molecular formula is C9H15IO3S. The van der Waals surface area contributed by atoms with Gasteiger partial charge in [-0.15, -0.1) is 0 Å². The van der Waals surface area contributed by atoms with E-state index in [1.165, 1.54) is 16.3 Å². The van der Waals surface area contributed by atoms with Crippen LogP contribution in [0.25, 0.3) is 0 Å². The van der Waals surface area contributed by atoms with Crippen LogP contribution in [-0.4, -0.2) is 19.7 Å². The lowest BCUT2D eigenvalue weighted by atomic mass is 9.82. The van der Waals surface area contributed by atoms with Gasteiger partial charge >= 0.3 is 5.97 Å². The first-order valence-corrected chi connectivity index (χ1v) is 8.04. The van der Waals surface area contributed by atoms with E-state index in [2.05, 4.69) is 21.2 Å². The van der Waals surface area contributed by atoms with E-state index >= 15 is 0 Å². The maximum absolute atomic E-state index is 11.2. The number of rotatable bonds is 4. The van der Waals surface area contributed by atoms with E-state index in [0.717, 1.165) is 32.3 Å². The number of esters is 1. The Bertz CT molecular complexity index is 181. The molecule has 5 heteroatoms. The molecule has 0 spiro atoms. The zero-order valence-electron chi connectivity index (χ0n) is 8.20. The summed E-state index contributed by atoms with van der Waals surface area (Å²) in [7, 11) is 2.85. The number of hydrogen-bond acceptors (Lipinski definition) is 4. The van der Waals surface area contributed by atoms with Crippen molar-refractivity contribution in [2.24, 2.45) is 11.8 Å². The van der Waals surface area contributed by atoms with Crippen LogP contribution in [0.4, 0.5) is 0 Å². The molecule has 0 bridgehead atoms. The highest BCUT2D eigenvalue weighted by Gasteiger charge is 2.26. The van der Waals surface area contributed by atoms with E-state index in [9.17, 15) is 4.79 Å². The number of ether oxygens (including phenoxy) is 1. The van der Waals surface area contributed by atoms with Crippen molar-refractivity contribution in [3.05, 3.63) is 0 Å². The maximum Gasteiger partial charge on any atom is 0.308 e. The Morgan fingerprint density at radius 2 is 2.07 bits per heavy atom. The fourth-order valence-electron chi connectivity index (χ4n) is 1.85. The molecule has 1 fully saturated rings. The van der Waals surface area contributed by atoms with Crippen LogP contribution in [0.15, 0.2) is 0 Å². The smallest absolute Gasteiger partial charge is 0.308 e. The SMILES string of the molecule is COC(=O)[C@H]1CC[C@@H](COSI)CC1. The van der Waals surface area contributed by atoms with Gasteiger partial charge in [0, 0.05) is 21.2 Å². The van der Waals surface area contributed by atoms with Crippen molar-refractivity contribution in [2.75, 3.05) is 13.7 Å². The minimum Gasteiger partial charge on any atom is -0.469 e. The molecule has 14 heavy (non-hydrogen) atoms. The first-order valence-electron chi connectivity index (χ1n) is 4.76. The number of methoxy groups -OCH3 is 1. The number of carbonyl (C=O) groups is 1. The molecule has 0 aromatic rings. The normalized spacial score (nSPS) is 27.3. The topological polar surface area (TPSA) is 35.5 Å². The van der Waals surface area contributed by atoms with Crippen LogP contribution < -0.4 is 0 Å². The molecule has 1 saturated carbocycles. The molecule has 0 N–H and O–H groups in total. The number of carbonyl (C=O) groups excluding carboxylic acids is 1. The Morgan fingerprint density at radius 1 is 1.43 bits per heavy atom. The van der Waals surface area contributed by atoms with Gasteiger partial charge in [-0.1, -0.05) is 0 Å². The van der Waals surface area contributed by atoms with Crippen LogP contribution in [0.5, 0.6) is 0 Å². The highest BCUT2D eigenvalue weighted by atomic mass is 127. The summed E-state index contributed by atoms with van der Waals surface area (Å²) in [5, 5.41) is 0.